The summed E-state index contributed by atoms with van der Waals surface area (Å²) >= 11 is 1.50. The molecule has 0 aliphatic carbocycles. The van der Waals surface area contributed by atoms with E-state index >= 15 is 0 Å². The van der Waals surface area contributed by atoms with Gasteiger partial charge in [0.25, 0.3) is 5.91 Å². The third kappa shape index (κ3) is 4.08. The van der Waals surface area contributed by atoms with Gasteiger partial charge < -0.3 is 9.64 Å². The molecule has 0 bridgehead atoms. The van der Waals surface area contributed by atoms with Crippen LogP contribution in [0, 0.1) is 0 Å². The lowest BCUT2D eigenvalue weighted by molar-refractivity contribution is -0.113. The van der Waals surface area contributed by atoms with Crippen molar-refractivity contribution >= 4 is 29.0 Å². The van der Waals surface area contributed by atoms with Crippen molar-refractivity contribution in [1.29, 1.82) is 0 Å². The Morgan fingerprint density at radius 2 is 1.79 bits per heavy atom. The molecule has 0 spiro atoms. The van der Waals surface area contributed by atoms with Crippen LogP contribution in [0.2, 0.25) is 0 Å². The molecule has 1 aromatic heterocycles. The summed E-state index contributed by atoms with van der Waals surface area (Å²) in [5.74, 6) is 1.39. The summed E-state index contributed by atoms with van der Waals surface area (Å²) in [6.45, 7) is 0. The van der Waals surface area contributed by atoms with Gasteiger partial charge in [-0.15, -0.1) is 11.3 Å². The molecule has 120 valence electrons. The highest BCUT2D eigenvalue weighted by Gasteiger charge is 2.08. The van der Waals surface area contributed by atoms with E-state index in [0.29, 0.717) is 0 Å². The van der Waals surface area contributed by atoms with Gasteiger partial charge in [0.1, 0.15) is 11.5 Å². The zero-order valence-corrected chi connectivity index (χ0v) is 13.9. The molecule has 24 heavy (non-hydrogen) atoms. The molecule has 0 radical (unpaired) electrons. The van der Waals surface area contributed by atoms with Crippen molar-refractivity contribution in [2.45, 2.75) is 0 Å². The van der Waals surface area contributed by atoms with Gasteiger partial charge in [-0.25, -0.2) is 4.98 Å². The third-order valence-electron chi connectivity index (χ3n) is 3.38. The summed E-state index contributed by atoms with van der Waals surface area (Å²) in [4.78, 5) is 17.9. The Kier molecular flexibility index (Phi) is 5.03. The van der Waals surface area contributed by atoms with Crippen LogP contribution in [0.1, 0.15) is 5.69 Å². The summed E-state index contributed by atoms with van der Waals surface area (Å²) < 4.78 is 5.75. The molecule has 4 nitrogen and oxygen atoms in total. The quantitative estimate of drug-likeness (QED) is 0.639. The van der Waals surface area contributed by atoms with E-state index in [4.69, 9.17) is 4.74 Å². The minimum Gasteiger partial charge on any atom is -0.457 e. The molecule has 3 aromatic rings. The minimum absolute atomic E-state index is 0.111. The van der Waals surface area contributed by atoms with Gasteiger partial charge in [0.2, 0.25) is 0 Å². The fourth-order valence-electron chi connectivity index (χ4n) is 2.06. The maximum Gasteiger partial charge on any atom is 0.250 e. The minimum atomic E-state index is -0.111. The smallest absolute Gasteiger partial charge is 0.250 e. The maximum atomic E-state index is 12.2. The van der Waals surface area contributed by atoms with Crippen LogP contribution in [0.5, 0.6) is 11.5 Å². The Bertz CT molecular complexity index is 812. The predicted octanol–water partition coefficient (Wildman–Crippen LogP) is 4.61. The average Bonchev–Trinajstić information content (AvgIpc) is 3.14. The van der Waals surface area contributed by atoms with Gasteiger partial charge in [-0.05, 0) is 42.5 Å². The second-order valence-corrected chi connectivity index (χ2v) is 5.77. The predicted molar refractivity (Wildman–Crippen MR) is 97.5 cm³/mol. The maximum absolute atomic E-state index is 12.2. The van der Waals surface area contributed by atoms with E-state index in [2.05, 4.69) is 4.98 Å². The molecule has 0 atom stereocenters. The van der Waals surface area contributed by atoms with Crippen LogP contribution in [0.3, 0.4) is 0 Å². The summed E-state index contributed by atoms with van der Waals surface area (Å²) in [6, 6.07) is 17.0. The van der Waals surface area contributed by atoms with Crippen molar-refractivity contribution in [2.75, 3.05) is 11.9 Å². The first-order valence-corrected chi connectivity index (χ1v) is 8.33. The fourth-order valence-corrected chi connectivity index (χ4v) is 2.58. The van der Waals surface area contributed by atoms with E-state index in [1.54, 1.807) is 23.5 Å². The molecular weight excluding hydrogens is 320 g/mol. The largest absolute Gasteiger partial charge is 0.457 e. The highest BCUT2D eigenvalue weighted by molar-refractivity contribution is 7.07. The zero-order valence-electron chi connectivity index (χ0n) is 13.1. The lowest BCUT2D eigenvalue weighted by Crippen LogP contribution is -2.23. The molecular formula is C19H16N2O2S. The van der Waals surface area contributed by atoms with Crippen LogP contribution in [0.15, 0.2) is 71.6 Å². The topological polar surface area (TPSA) is 42.4 Å². The van der Waals surface area contributed by atoms with Gasteiger partial charge in [-0.1, -0.05) is 18.2 Å². The number of benzene rings is 2. The van der Waals surface area contributed by atoms with Crippen LogP contribution < -0.4 is 9.64 Å². The molecule has 0 aliphatic heterocycles. The number of rotatable bonds is 5. The highest BCUT2D eigenvalue weighted by atomic mass is 32.1. The summed E-state index contributed by atoms with van der Waals surface area (Å²) in [5, 5.41) is 1.89. The zero-order chi connectivity index (χ0) is 16.8. The Balaban J connectivity index is 1.65. The number of anilines is 1. The van der Waals surface area contributed by atoms with E-state index < -0.39 is 0 Å². The Morgan fingerprint density at radius 3 is 2.46 bits per heavy atom. The van der Waals surface area contributed by atoms with Crippen molar-refractivity contribution in [2.24, 2.45) is 0 Å². The number of nitrogens with zero attached hydrogens (tertiary/aromatic N) is 2. The monoisotopic (exact) mass is 336 g/mol. The van der Waals surface area contributed by atoms with Gasteiger partial charge >= 0.3 is 0 Å². The van der Waals surface area contributed by atoms with Crippen LogP contribution in [0.4, 0.5) is 5.69 Å². The van der Waals surface area contributed by atoms with Gasteiger partial charge in [0.15, 0.2) is 0 Å². The summed E-state index contributed by atoms with van der Waals surface area (Å²) in [5.41, 5.74) is 3.32. The number of thiazole rings is 1. The first-order valence-electron chi connectivity index (χ1n) is 7.39. The van der Waals surface area contributed by atoms with E-state index in [-0.39, 0.29) is 5.91 Å². The molecule has 0 saturated carbocycles. The van der Waals surface area contributed by atoms with Crippen molar-refractivity contribution in [3.63, 3.8) is 0 Å². The number of amides is 1. The van der Waals surface area contributed by atoms with Crippen molar-refractivity contribution in [3.05, 3.63) is 77.3 Å². The summed E-state index contributed by atoms with van der Waals surface area (Å²) in [6.07, 6.45) is 3.23. The number of hydrogen-bond donors (Lipinski definition) is 0. The molecule has 0 N–H and O–H groups in total. The van der Waals surface area contributed by atoms with Crippen molar-refractivity contribution in [1.82, 2.24) is 4.98 Å². The first kappa shape index (κ1) is 16.0. The lowest BCUT2D eigenvalue weighted by Gasteiger charge is -2.15. The van der Waals surface area contributed by atoms with E-state index in [9.17, 15) is 4.79 Å². The van der Waals surface area contributed by atoms with E-state index in [1.807, 2.05) is 60.0 Å². The van der Waals surface area contributed by atoms with Gasteiger partial charge in [0, 0.05) is 24.2 Å². The molecule has 5 heteroatoms. The molecule has 2 aromatic carbocycles. The molecule has 0 fully saturated rings. The molecule has 1 amide bonds. The van der Waals surface area contributed by atoms with Crippen molar-refractivity contribution in [3.8, 4) is 11.5 Å². The van der Waals surface area contributed by atoms with Crippen LogP contribution in [-0.4, -0.2) is 17.9 Å². The normalized spacial score (nSPS) is 10.7. The number of aromatic nitrogens is 1. The second-order valence-electron chi connectivity index (χ2n) is 5.05. The van der Waals surface area contributed by atoms with E-state index in [0.717, 1.165) is 22.9 Å². The van der Waals surface area contributed by atoms with Gasteiger partial charge in [-0.2, -0.15) is 0 Å². The second kappa shape index (κ2) is 7.57. The first-order chi connectivity index (χ1) is 11.7. The standard InChI is InChI=1S/C19H16N2O2S/c1-21(19(22)12-7-15-13-24-14-20-15)16-8-10-18(11-9-16)23-17-5-3-2-4-6-17/h2-14H,1H3. The van der Waals surface area contributed by atoms with Gasteiger partial charge in [-0.3, -0.25) is 4.79 Å². The third-order valence-corrected chi connectivity index (χ3v) is 3.99. The van der Waals surface area contributed by atoms with Crippen molar-refractivity contribution < 1.29 is 9.53 Å². The number of carbonyl (C=O) groups is 1. The number of likely N-dealkylation sites (N-methyl/N-ethyl adjacent to an activating group) is 1. The number of para-hydroxylation sites is 1. The van der Waals surface area contributed by atoms with Crippen LogP contribution in [0.25, 0.3) is 6.08 Å². The molecule has 0 saturated heterocycles. The van der Waals surface area contributed by atoms with Crippen LogP contribution in [-0.2, 0) is 4.79 Å². The number of hydrogen-bond acceptors (Lipinski definition) is 4. The average molecular weight is 336 g/mol. The molecule has 1 heterocycles. The van der Waals surface area contributed by atoms with E-state index in [1.165, 1.54) is 17.4 Å². The highest BCUT2D eigenvalue weighted by Crippen LogP contribution is 2.24. The molecule has 3 rings (SSSR count). The fraction of sp³-hybridized carbons (Fsp3) is 0.0526. The molecule has 0 aliphatic rings. The lowest BCUT2D eigenvalue weighted by atomic mass is 10.2. The van der Waals surface area contributed by atoms with Crippen LogP contribution >= 0.6 is 11.3 Å². The summed E-state index contributed by atoms with van der Waals surface area (Å²) in [7, 11) is 1.74. The SMILES string of the molecule is CN(C(=O)C=Cc1cscn1)c1ccc(Oc2ccccc2)cc1. The Hall–Kier alpha value is -2.92. The van der Waals surface area contributed by atoms with Gasteiger partial charge in [0.05, 0.1) is 11.2 Å². The molecule has 0 unspecified atom stereocenters. The number of ether oxygens (including phenoxy) is 1. The Labute approximate surface area is 144 Å². The Morgan fingerprint density at radius 1 is 1.08 bits per heavy atom. The number of carbonyl (C=O) groups excluding carboxylic acids is 1.